The minimum atomic E-state index is -0.433. The van der Waals surface area contributed by atoms with Crippen LogP contribution in [0.5, 0.6) is 0 Å². The van der Waals surface area contributed by atoms with Crippen molar-refractivity contribution in [3.05, 3.63) is 16.6 Å². The standard InChI is InChI=1S/C11H15NO2S.C2H6O/c13-7-8-1-3-9(4-2-8)10(14)11-12-5-6-15-11;1-3-2/h5-10,14H,1-4H2;1-2H3. The number of rotatable bonds is 3. The van der Waals surface area contributed by atoms with E-state index < -0.39 is 6.10 Å². The van der Waals surface area contributed by atoms with Gasteiger partial charge in [-0.05, 0) is 31.6 Å². The molecule has 0 saturated heterocycles. The van der Waals surface area contributed by atoms with Crippen LogP contribution in [0.25, 0.3) is 0 Å². The molecule has 4 nitrogen and oxygen atoms in total. The Labute approximate surface area is 112 Å². The molecular weight excluding hydrogens is 250 g/mol. The van der Waals surface area contributed by atoms with E-state index in [4.69, 9.17) is 0 Å². The monoisotopic (exact) mass is 271 g/mol. The molecule has 1 fully saturated rings. The minimum absolute atomic E-state index is 0.213. The second-order valence-corrected chi connectivity index (χ2v) is 5.46. The van der Waals surface area contributed by atoms with Gasteiger partial charge in [0.25, 0.3) is 0 Å². The first-order valence-corrected chi connectivity index (χ1v) is 7.03. The molecular formula is C13H21NO3S. The number of methoxy groups -OCH3 is 1. The number of nitrogens with zero attached hydrogens (tertiary/aromatic N) is 1. The summed E-state index contributed by atoms with van der Waals surface area (Å²) >= 11 is 1.50. The molecule has 0 aliphatic heterocycles. The van der Waals surface area contributed by atoms with Gasteiger partial charge in [-0.2, -0.15) is 0 Å². The van der Waals surface area contributed by atoms with Gasteiger partial charge in [-0.1, -0.05) is 0 Å². The second kappa shape index (κ2) is 8.34. The van der Waals surface area contributed by atoms with Crippen molar-refractivity contribution in [3.8, 4) is 0 Å². The van der Waals surface area contributed by atoms with Crippen molar-refractivity contribution in [1.29, 1.82) is 0 Å². The molecule has 1 aliphatic rings. The van der Waals surface area contributed by atoms with Crippen LogP contribution in [-0.4, -0.2) is 30.6 Å². The Balaban J connectivity index is 0.000000492. The van der Waals surface area contributed by atoms with Gasteiger partial charge in [-0.15, -0.1) is 11.3 Å². The molecule has 1 saturated carbocycles. The minimum Gasteiger partial charge on any atom is -0.388 e. The molecule has 1 aliphatic carbocycles. The van der Waals surface area contributed by atoms with Crippen LogP contribution >= 0.6 is 11.3 Å². The zero-order chi connectivity index (χ0) is 13.4. The van der Waals surface area contributed by atoms with Gasteiger partial charge in [0.1, 0.15) is 17.4 Å². The van der Waals surface area contributed by atoms with Crippen molar-refractivity contribution in [2.45, 2.75) is 31.8 Å². The number of aromatic nitrogens is 1. The average Bonchev–Trinajstić information content (AvgIpc) is 2.93. The summed E-state index contributed by atoms with van der Waals surface area (Å²) in [5, 5.41) is 12.7. The molecule has 1 N–H and O–H groups in total. The lowest BCUT2D eigenvalue weighted by Crippen LogP contribution is -2.20. The Kier molecular flexibility index (Phi) is 7.08. The molecule has 0 radical (unpaired) electrons. The smallest absolute Gasteiger partial charge is 0.123 e. The summed E-state index contributed by atoms with van der Waals surface area (Å²) in [4.78, 5) is 14.7. The number of aldehydes is 1. The first kappa shape index (κ1) is 15.3. The van der Waals surface area contributed by atoms with E-state index in [9.17, 15) is 9.90 Å². The topological polar surface area (TPSA) is 59.4 Å². The predicted molar refractivity (Wildman–Crippen MR) is 71.5 cm³/mol. The third-order valence-electron chi connectivity index (χ3n) is 3.16. The third kappa shape index (κ3) is 4.48. The van der Waals surface area contributed by atoms with Crippen LogP contribution in [0, 0.1) is 11.8 Å². The van der Waals surface area contributed by atoms with Crippen molar-refractivity contribution in [2.75, 3.05) is 14.2 Å². The van der Waals surface area contributed by atoms with Crippen LogP contribution in [-0.2, 0) is 9.53 Å². The van der Waals surface area contributed by atoms with Crippen LogP contribution < -0.4 is 0 Å². The largest absolute Gasteiger partial charge is 0.388 e. The van der Waals surface area contributed by atoms with E-state index >= 15 is 0 Å². The van der Waals surface area contributed by atoms with E-state index in [1.54, 1.807) is 20.4 Å². The summed E-state index contributed by atoms with van der Waals surface area (Å²) in [6.45, 7) is 0. The lowest BCUT2D eigenvalue weighted by molar-refractivity contribution is -0.112. The van der Waals surface area contributed by atoms with E-state index in [0.29, 0.717) is 0 Å². The molecule has 1 unspecified atom stereocenters. The van der Waals surface area contributed by atoms with Gasteiger partial charge in [0.15, 0.2) is 0 Å². The Hall–Kier alpha value is -0.780. The Morgan fingerprint density at radius 1 is 1.44 bits per heavy atom. The van der Waals surface area contributed by atoms with Gasteiger partial charge < -0.3 is 14.6 Å². The fourth-order valence-corrected chi connectivity index (χ4v) is 2.89. The van der Waals surface area contributed by atoms with Crippen molar-refractivity contribution >= 4 is 17.6 Å². The molecule has 1 aromatic heterocycles. The molecule has 0 spiro atoms. The van der Waals surface area contributed by atoms with Gasteiger partial charge in [-0.25, -0.2) is 4.98 Å². The predicted octanol–water partition coefficient (Wildman–Crippen LogP) is 2.44. The van der Waals surface area contributed by atoms with E-state index in [1.807, 2.05) is 5.38 Å². The molecule has 0 aromatic carbocycles. The Morgan fingerprint density at radius 2 is 2.06 bits per heavy atom. The molecule has 1 atom stereocenters. The number of thiazole rings is 1. The van der Waals surface area contributed by atoms with Gasteiger partial charge >= 0.3 is 0 Å². The van der Waals surface area contributed by atoms with Crippen LogP contribution in [0.15, 0.2) is 11.6 Å². The molecule has 0 amide bonds. The number of hydrogen-bond acceptors (Lipinski definition) is 5. The number of ether oxygens (including phenoxy) is 1. The summed E-state index contributed by atoms with van der Waals surface area (Å²) in [7, 11) is 3.25. The lowest BCUT2D eigenvalue weighted by Gasteiger charge is -2.28. The molecule has 0 bridgehead atoms. The molecule has 18 heavy (non-hydrogen) atoms. The van der Waals surface area contributed by atoms with Crippen molar-refractivity contribution in [3.63, 3.8) is 0 Å². The summed E-state index contributed by atoms with van der Waals surface area (Å²) < 4.78 is 4.25. The van der Waals surface area contributed by atoms with Gasteiger partial charge in [-0.3, -0.25) is 0 Å². The van der Waals surface area contributed by atoms with E-state index in [0.717, 1.165) is 37.0 Å². The van der Waals surface area contributed by atoms with Crippen LogP contribution in [0.2, 0.25) is 0 Å². The highest BCUT2D eigenvalue weighted by molar-refractivity contribution is 7.09. The van der Waals surface area contributed by atoms with E-state index in [2.05, 4.69) is 9.72 Å². The summed E-state index contributed by atoms with van der Waals surface area (Å²) in [6.07, 6.45) is 6.03. The number of hydrogen-bond donors (Lipinski definition) is 1. The molecule has 2 rings (SSSR count). The van der Waals surface area contributed by atoms with E-state index in [1.165, 1.54) is 11.3 Å². The van der Waals surface area contributed by atoms with Gasteiger partial charge in [0.2, 0.25) is 0 Å². The zero-order valence-corrected chi connectivity index (χ0v) is 11.7. The maximum atomic E-state index is 10.6. The quantitative estimate of drug-likeness (QED) is 0.858. The molecule has 5 heteroatoms. The van der Waals surface area contributed by atoms with Crippen molar-refractivity contribution in [1.82, 2.24) is 4.98 Å². The summed E-state index contributed by atoms with van der Waals surface area (Å²) in [6, 6.07) is 0. The van der Waals surface area contributed by atoms with Crippen LogP contribution in [0.3, 0.4) is 0 Å². The summed E-state index contributed by atoms with van der Waals surface area (Å²) in [5.41, 5.74) is 0. The third-order valence-corrected chi connectivity index (χ3v) is 4.01. The fourth-order valence-electron chi connectivity index (χ4n) is 2.18. The number of carbonyl (C=O) groups is 1. The van der Waals surface area contributed by atoms with Crippen molar-refractivity contribution in [2.24, 2.45) is 11.8 Å². The molecule has 1 heterocycles. The molecule has 1 aromatic rings. The highest BCUT2D eigenvalue weighted by Crippen LogP contribution is 2.36. The maximum absolute atomic E-state index is 10.6. The first-order valence-electron chi connectivity index (χ1n) is 6.15. The maximum Gasteiger partial charge on any atom is 0.123 e. The Bertz CT molecular complexity index is 321. The molecule has 102 valence electrons. The van der Waals surface area contributed by atoms with Gasteiger partial charge in [0, 0.05) is 31.7 Å². The van der Waals surface area contributed by atoms with Crippen LogP contribution in [0.1, 0.15) is 36.8 Å². The highest BCUT2D eigenvalue weighted by atomic mass is 32.1. The van der Waals surface area contributed by atoms with E-state index in [-0.39, 0.29) is 11.8 Å². The normalized spacial score (nSPS) is 24.8. The zero-order valence-electron chi connectivity index (χ0n) is 10.9. The number of aliphatic hydroxyl groups is 1. The second-order valence-electron chi connectivity index (χ2n) is 4.53. The summed E-state index contributed by atoms with van der Waals surface area (Å²) in [5.74, 6) is 0.497. The lowest BCUT2D eigenvalue weighted by atomic mass is 9.80. The highest BCUT2D eigenvalue weighted by Gasteiger charge is 2.28. The Morgan fingerprint density at radius 3 is 2.50 bits per heavy atom. The van der Waals surface area contributed by atoms with Gasteiger partial charge in [0.05, 0.1) is 0 Å². The van der Waals surface area contributed by atoms with Crippen LogP contribution in [0.4, 0.5) is 0 Å². The first-order chi connectivity index (χ1) is 8.72. The number of carbonyl (C=O) groups excluding carboxylic acids is 1. The fraction of sp³-hybridized carbons (Fsp3) is 0.692. The SMILES string of the molecule is COC.O=CC1CCC(C(O)c2nccs2)CC1. The number of aliphatic hydroxyl groups excluding tert-OH is 1. The average molecular weight is 271 g/mol. The van der Waals surface area contributed by atoms with Crippen molar-refractivity contribution < 1.29 is 14.6 Å².